The van der Waals surface area contributed by atoms with E-state index in [9.17, 15) is 9.59 Å². The standard InChI is InChI=1S/C12H26O5Si2.2ClH/c1-18(2,9-5-7-11(13)14)17-19(3,4)10-6-8-12(15)16;;/h5-10H2,1-4H3,(H,13,14)(H,15,16);2*1H. The normalized spacial score (nSPS) is 11.2. The summed E-state index contributed by atoms with van der Waals surface area (Å²) in [4.78, 5) is 21.0. The fourth-order valence-electron chi connectivity index (χ4n) is 2.18. The molecule has 5 nitrogen and oxygen atoms in total. The molecule has 0 aliphatic rings. The molecule has 0 aliphatic carbocycles. The molecule has 0 radical (unpaired) electrons. The molecule has 0 bridgehead atoms. The zero-order valence-corrected chi connectivity index (χ0v) is 16.8. The van der Waals surface area contributed by atoms with Crippen LogP contribution in [0, 0.1) is 0 Å². The predicted octanol–water partition coefficient (Wildman–Crippen LogP) is 3.99. The van der Waals surface area contributed by atoms with Crippen molar-refractivity contribution in [1.29, 1.82) is 0 Å². The average molecular weight is 379 g/mol. The molecule has 0 saturated carbocycles. The lowest BCUT2D eigenvalue weighted by Crippen LogP contribution is -2.44. The van der Waals surface area contributed by atoms with Crippen LogP contribution in [0.1, 0.15) is 25.7 Å². The second kappa shape index (κ2) is 11.5. The van der Waals surface area contributed by atoms with Crippen molar-refractivity contribution >= 4 is 53.4 Å². The van der Waals surface area contributed by atoms with Crippen LogP contribution in [-0.2, 0) is 13.7 Å². The summed E-state index contributed by atoms with van der Waals surface area (Å²) in [5.74, 6) is -1.52. The first kappa shape index (κ1) is 25.8. The van der Waals surface area contributed by atoms with Crippen molar-refractivity contribution in [3.63, 3.8) is 0 Å². The van der Waals surface area contributed by atoms with Gasteiger partial charge in [-0.1, -0.05) is 0 Å². The van der Waals surface area contributed by atoms with Crippen molar-refractivity contribution in [2.75, 3.05) is 0 Å². The number of hydrogen-bond donors (Lipinski definition) is 2. The Labute approximate surface area is 141 Å². The number of aliphatic carboxylic acids is 2. The fourth-order valence-corrected chi connectivity index (χ4v) is 11.0. The van der Waals surface area contributed by atoms with E-state index in [0.717, 1.165) is 12.1 Å². The van der Waals surface area contributed by atoms with Crippen molar-refractivity contribution in [1.82, 2.24) is 0 Å². The highest BCUT2D eigenvalue weighted by molar-refractivity contribution is 6.84. The maximum atomic E-state index is 10.5. The van der Waals surface area contributed by atoms with Crippen molar-refractivity contribution in [3.8, 4) is 0 Å². The van der Waals surface area contributed by atoms with Gasteiger partial charge in [0, 0.05) is 12.8 Å². The van der Waals surface area contributed by atoms with Gasteiger partial charge in [0.25, 0.3) is 0 Å². The third-order valence-corrected chi connectivity index (χ3v) is 10.4. The molecule has 0 heterocycles. The lowest BCUT2D eigenvalue weighted by Gasteiger charge is -2.34. The van der Waals surface area contributed by atoms with Gasteiger partial charge in [-0.2, -0.15) is 0 Å². The molecule has 0 aromatic rings. The number of hydrogen-bond acceptors (Lipinski definition) is 3. The van der Waals surface area contributed by atoms with Gasteiger partial charge < -0.3 is 14.3 Å². The molecule has 0 fully saturated rings. The molecule has 0 atom stereocenters. The van der Waals surface area contributed by atoms with Crippen LogP contribution in [0.2, 0.25) is 38.3 Å². The molecular formula is C12H28Cl2O5Si2. The molecular weight excluding hydrogens is 351 g/mol. The summed E-state index contributed by atoms with van der Waals surface area (Å²) < 4.78 is 6.28. The maximum Gasteiger partial charge on any atom is 0.303 e. The maximum absolute atomic E-state index is 10.5. The van der Waals surface area contributed by atoms with Crippen molar-refractivity contribution < 1.29 is 23.9 Å². The van der Waals surface area contributed by atoms with Crippen molar-refractivity contribution in [3.05, 3.63) is 0 Å². The van der Waals surface area contributed by atoms with Gasteiger partial charge in [-0.25, -0.2) is 0 Å². The monoisotopic (exact) mass is 378 g/mol. The van der Waals surface area contributed by atoms with Crippen LogP contribution in [-0.4, -0.2) is 38.8 Å². The van der Waals surface area contributed by atoms with Crippen molar-refractivity contribution in [2.24, 2.45) is 0 Å². The van der Waals surface area contributed by atoms with Crippen LogP contribution in [0.25, 0.3) is 0 Å². The highest BCUT2D eigenvalue weighted by Crippen LogP contribution is 2.24. The first-order valence-electron chi connectivity index (χ1n) is 6.68. The molecule has 128 valence electrons. The van der Waals surface area contributed by atoms with E-state index in [1.807, 2.05) is 0 Å². The number of carbonyl (C=O) groups is 2. The topological polar surface area (TPSA) is 83.8 Å². The molecule has 0 aliphatic heterocycles. The summed E-state index contributed by atoms with van der Waals surface area (Å²) in [6.45, 7) is 8.45. The molecule has 0 aromatic heterocycles. The molecule has 0 aromatic carbocycles. The van der Waals surface area contributed by atoms with Gasteiger partial charge >= 0.3 is 11.9 Å². The highest BCUT2D eigenvalue weighted by atomic mass is 35.5. The molecule has 2 N–H and O–H groups in total. The predicted molar refractivity (Wildman–Crippen MR) is 93.9 cm³/mol. The third-order valence-electron chi connectivity index (χ3n) is 2.89. The summed E-state index contributed by atoms with van der Waals surface area (Å²) in [6, 6.07) is 1.68. The number of halogens is 2. The molecule has 9 heteroatoms. The number of carboxylic acid groups (broad SMARTS) is 2. The Morgan fingerprint density at radius 3 is 1.33 bits per heavy atom. The Morgan fingerprint density at radius 2 is 1.10 bits per heavy atom. The van der Waals surface area contributed by atoms with Gasteiger partial charge in [0.15, 0.2) is 16.6 Å². The molecule has 0 unspecified atom stereocenters. The zero-order chi connectivity index (χ0) is 15.1. The second-order valence-corrected chi connectivity index (χ2v) is 15.0. The zero-order valence-electron chi connectivity index (χ0n) is 13.2. The Balaban J connectivity index is -0.00000162. The van der Waals surface area contributed by atoms with Crippen LogP contribution in [0.3, 0.4) is 0 Å². The fraction of sp³-hybridized carbons (Fsp3) is 0.833. The quantitative estimate of drug-likeness (QED) is 0.561. The van der Waals surface area contributed by atoms with E-state index in [1.54, 1.807) is 0 Å². The minimum Gasteiger partial charge on any atom is -0.481 e. The highest BCUT2D eigenvalue weighted by Gasteiger charge is 2.32. The Bertz CT molecular complexity index is 295. The van der Waals surface area contributed by atoms with Gasteiger partial charge in [-0.05, 0) is 51.1 Å². The van der Waals surface area contributed by atoms with Crippen LogP contribution >= 0.6 is 24.8 Å². The van der Waals surface area contributed by atoms with Crippen LogP contribution in [0.5, 0.6) is 0 Å². The van der Waals surface area contributed by atoms with E-state index in [1.165, 1.54) is 0 Å². The molecule has 0 spiro atoms. The summed E-state index contributed by atoms with van der Waals surface area (Å²) in [6.07, 6.45) is 1.71. The van der Waals surface area contributed by atoms with E-state index in [4.69, 9.17) is 14.3 Å². The lowest BCUT2D eigenvalue weighted by atomic mass is 10.3. The lowest BCUT2D eigenvalue weighted by molar-refractivity contribution is -0.138. The smallest absolute Gasteiger partial charge is 0.303 e. The Morgan fingerprint density at radius 1 is 0.810 bits per heavy atom. The van der Waals surface area contributed by atoms with E-state index >= 15 is 0 Å². The summed E-state index contributed by atoms with van der Waals surface area (Å²) in [7, 11) is -3.66. The first-order valence-corrected chi connectivity index (χ1v) is 12.9. The summed E-state index contributed by atoms with van der Waals surface area (Å²) in [5, 5.41) is 17.3. The van der Waals surface area contributed by atoms with Gasteiger partial charge in [-0.15, -0.1) is 24.8 Å². The third kappa shape index (κ3) is 16.1. The minimum absolute atomic E-state index is 0. The molecule has 0 rings (SSSR count). The van der Waals surface area contributed by atoms with Crippen LogP contribution in [0.4, 0.5) is 0 Å². The van der Waals surface area contributed by atoms with Crippen LogP contribution in [0.15, 0.2) is 0 Å². The first-order chi connectivity index (χ1) is 8.54. The van der Waals surface area contributed by atoms with E-state index < -0.39 is 28.6 Å². The SMILES string of the molecule is C[Si](C)(CCCC(=O)O)O[Si](C)(C)CCCC(=O)O.Cl.Cl. The van der Waals surface area contributed by atoms with E-state index in [0.29, 0.717) is 12.8 Å². The number of carboxylic acids is 2. The second-order valence-electron chi connectivity index (χ2n) is 6.12. The average Bonchev–Trinajstić information content (AvgIpc) is 2.12. The largest absolute Gasteiger partial charge is 0.481 e. The summed E-state index contributed by atoms with van der Waals surface area (Å²) >= 11 is 0. The van der Waals surface area contributed by atoms with Crippen LogP contribution < -0.4 is 0 Å². The number of rotatable bonds is 10. The minimum atomic E-state index is -1.83. The Hall–Kier alpha value is -0.0862. The molecule has 0 saturated heterocycles. The Kier molecular flexibility index (Phi) is 14.1. The van der Waals surface area contributed by atoms with Crippen molar-refractivity contribution in [2.45, 2.75) is 64.0 Å². The van der Waals surface area contributed by atoms with Gasteiger partial charge in [0.1, 0.15) is 0 Å². The van der Waals surface area contributed by atoms with Gasteiger partial charge in [-0.3, -0.25) is 9.59 Å². The van der Waals surface area contributed by atoms with E-state index in [-0.39, 0.29) is 37.7 Å². The van der Waals surface area contributed by atoms with Gasteiger partial charge in [0.2, 0.25) is 0 Å². The van der Waals surface area contributed by atoms with Gasteiger partial charge in [0.05, 0.1) is 0 Å². The molecule has 0 amide bonds. The summed E-state index contributed by atoms with van der Waals surface area (Å²) in [5.41, 5.74) is 0. The molecule has 21 heavy (non-hydrogen) atoms. The van der Waals surface area contributed by atoms with E-state index in [2.05, 4.69) is 26.2 Å².